The predicted octanol–water partition coefficient (Wildman–Crippen LogP) is 9.08. The molecule has 0 aliphatic heterocycles. The minimum atomic E-state index is -1.84. The topological polar surface area (TPSA) is 260 Å². The second kappa shape index (κ2) is 49.9. The third-order valence-electron chi connectivity index (χ3n) is 14.9. The summed E-state index contributed by atoms with van der Waals surface area (Å²) in [5, 5.41) is 23.7. The van der Waals surface area contributed by atoms with E-state index in [0.29, 0.717) is 25.7 Å². The molecule has 86 heavy (non-hydrogen) atoms. The average Bonchev–Trinajstić information content (AvgIpc) is 1.89. The number of aliphatic hydroxyl groups is 2. The van der Waals surface area contributed by atoms with Crippen molar-refractivity contribution in [2.75, 3.05) is 39.6 Å². The molecule has 0 atom stereocenters. The monoisotopic (exact) mass is 1200 g/mol. The van der Waals surface area contributed by atoms with Crippen molar-refractivity contribution in [1.29, 1.82) is 0 Å². The van der Waals surface area contributed by atoms with Crippen LogP contribution >= 0.6 is 0 Å². The van der Waals surface area contributed by atoms with Crippen molar-refractivity contribution in [3.8, 4) is 0 Å². The molecule has 0 heterocycles. The van der Waals surface area contributed by atoms with E-state index >= 15 is 0 Å². The Hall–Kier alpha value is -5.08. The summed E-state index contributed by atoms with van der Waals surface area (Å²) >= 11 is 0. The van der Waals surface area contributed by atoms with Crippen LogP contribution in [0.5, 0.6) is 0 Å². The van der Waals surface area contributed by atoms with Gasteiger partial charge in [-0.25, -0.2) is 9.59 Å². The molecule has 0 unspecified atom stereocenters. The number of unbranched alkanes of at least 4 members (excludes halogenated alkanes) is 15. The minimum Gasteiger partial charge on any atom is -0.870 e. The van der Waals surface area contributed by atoms with Crippen molar-refractivity contribution in [2.45, 2.75) is 252 Å². The molecule has 0 aliphatic carbocycles. The van der Waals surface area contributed by atoms with E-state index in [-0.39, 0.29) is 76.3 Å². The number of benzene rings is 3. The molecule has 7 N–H and O–H groups in total. The number of aryl methyl sites for hydroxylation is 6. The number of rotatable bonds is 42. The Morgan fingerprint density at radius 1 is 0.407 bits per heavy atom. The molecule has 0 saturated heterocycles. The van der Waals surface area contributed by atoms with Gasteiger partial charge in [-0.15, -0.1) is 0 Å². The molecule has 16 nitrogen and oxygen atoms in total. The molecule has 0 aliphatic rings. The van der Waals surface area contributed by atoms with Gasteiger partial charge in [0.1, 0.15) is 18.8 Å². The van der Waals surface area contributed by atoms with E-state index in [1.54, 1.807) is 13.8 Å². The summed E-state index contributed by atoms with van der Waals surface area (Å²) in [6.45, 7) is 15.0. The minimum absolute atomic E-state index is 0. The van der Waals surface area contributed by atoms with E-state index in [1.807, 2.05) is 12.1 Å². The molecular weight excluding hydrogens is 1090 g/mol. The molecule has 0 aromatic heterocycles. The average molecular weight is 1200 g/mol. The first-order valence-corrected chi connectivity index (χ1v) is 31.7. The van der Waals surface area contributed by atoms with Gasteiger partial charge in [-0.2, -0.15) is 0 Å². The fourth-order valence-electron chi connectivity index (χ4n) is 9.70. The fourth-order valence-corrected chi connectivity index (χ4v) is 9.70. The molecule has 0 saturated carbocycles. The van der Waals surface area contributed by atoms with Gasteiger partial charge in [0.25, 0.3) is 0 Å². The maximum atomic E-state index is 12.7. The zero-order valence-electron chi connectivity index (χ0n) is 54.8. The number of ether oxygens (including phenoxy) is 4. The molecule has 3 aromatic rings. The SMILES string of the molecule is CCCCCCCCc1ccc(CCC(COC(C)=O)(COC(C)=O)NC(C)=O)cc1.CCCCCCCCc1ccc(CCC(N)(CO)CO)cc1.CCCCCCCCc1ccc(CCC(NC(C)=O)(C(=O)OCC)C(=O)OCC)cc1.[Li+].[OH-]. The Bertz CT molecular complexity index is 2220. The number of carbonyl (C=O) groups excluding carboxylic acids is 6. The summed E-state index contributed by atoms with van der Waals surface area (Å²) in [4.78, 5) is 71.6. The quantitative estimate of drug-likeness (QED) is 0.0117. The van der Waals surface area contributed by atoms with Gasteiger partial charge in [-0.05, 0) is 124 Å². The van der Waals surface area contributed by atoms with Crippen molar-refractivity contribution < 1.29 is 82.3 Å². The number of hydrogen-bond donors (Lipinski definition) is 5. The third kappa shape index (κ3) is 37.6. The van der Waals surface area contributed by atoms with Crippen LogP contribution in [0.25, 0.3) is 0 Å². The van der Waals surface area contributed by atoms with Crippen molar-refractivity contribution in [2.24, 2.45) is 5.73 Å². The Morgan fingerprint density at radius 3 is 0.965 bits per heavy atom. The van der Waals surface area contributed by atoms with Crippen molar-refractivity contribution in [3.63, 3.8) is 0 Å². The van der Waals surface area contributed by atoms with Crippen molar-refractivity contribution in [1.82, 2.24) is 10.6 Å². The van der Waals surface area contributed by atoms with Crippen LogP contribution in [0.15, 0.2) is 72.8 Å². The van der Waals surface area contributed by atoms with E-state index in [4.69, 9.17) is 24.7 Å². The van der Waals surface area contributed by atoms with Gasteiger partial charge in [0.15, 0.2) is 0 Å². The third-order valence-corrected chi connectivity index (χ3v) is 14.9. The first-order valence-electron chi connectivity index (χ1n) is 31.7. The predicted molar refractivity (Wildman–Crippen MR) is 338 cm³/mol. The smallest absolute Gasteiger partial charge is 0.870 e. The molecule has 482 valence electrons. The van der Waals surface area contributed by atoms with Crippen LogP contribution in [0.4, 0.5) is 0 Å². The van der Waals surface area contributed by atoms with Crippen LogP contribution in [-0.4, -0.2) is 108 Å². The second-order valence-electron chi connectivity index (χ2n) is 22.7. The van der Waals surface area contributed by atoms with Crippen molar-refractivity contribution in [3.05, 3.63) is 106 Å². The maximum Gasteiger partial charge on any atom is 1.00 e. The Balaban J connectivity index is 0. The summed E-state index contributed by atoms with van der Waals surface area (Å²) < 4.78 is 20.6. The van der Waals surface area contributed by atoms with Gasteiger partial charge in [0.2, 0.25) is 17.4 Å². The number of nitrogens with one attached hydrogen (secondary N) is 2. The largest absolute Gasteiger partial charge is 1.00 e. The standard InChI is InChI=1S/2C25H39NO5.C19H33NO2.Li.H2O/c1-5-6-7-8-9-10-11-23-12-14-24(15-13-23)16-17-25(26-20(2)27,18-30-21(3)28)19-31-22(4)29;1-5-8-9-10-11-12-13-21-14-16-22(17-15-21)18-19-25(26-20(4)27,23(28)30-6-2)24(29)31-7-3;1-2-3-4-5-6-7-8-17-9-11-18(12-10-17)13-14-19(20,15-21)16-22;;/h12-15H,5-11,16-19H2,1-4H3,(H,26,27);14-17H,5-13,18-19H2,1-4H3,(H,26,27);9-12,21-22H,2-8,13-16,20H2,1H3;;1H2/q;;;+1;/p-1. The maximum absolute atomic E-state index is 12.7. The van der Waals surface area contributed by atoms with Crippen LogP contribution in [0.1, 0.15) is 231 Å². The number of esters is 4. The molecule has 0 fully saturated rings. The van der Waals surface area contributed by atoms with E-state index in [1.165, 1.54) is 166 Å². The molecule has 2 amide bonds. The van der Waals surface area contributed by atoms with Gasteiger partial charge in [-0.3, -0.25) is 19.2 Å². The zero-order chi connectivity index (χ0) is 62.5. The summed E-state index contributed by atoms with van der Waals surface area (Å²) in [7, 11) is 0. The van der Waals surface area contributed by atoms with Crippen LogP contribution in [0, 0.1) is 0 Å². The van der Waals surface area contributed by atoms with Crippen molar-refractivity contribution >= 4 is 35.7 Å². The molecule has 0 spiro atoms. The number of nitrogens with two attached hydrogens (primary N) is 1. The summed E-state index contributed by atoms with van der Waals surface area (Å²) in [6, 6.07) is 25.4. The number of hydrogen-bond acceptors (Lipinski definition) is 14. The molecule has 0 bridgehead atoms. The van der Waals surface area contributed by atoms with Gasteiger partial charge < -0.3 is 51.0 Å². The first kappa shape index (κ1) is 83.0. The zero-order valence-corrected chi connectivity index (χ0v) is 54.8. The normalized spacial score (nSPS) is 11.0. The number of aliphatic hydroxyl groups excluding tert-OH is 2. The van der Waals surface area contributed by atoms with Gasteiger partial charge in [0.05, 0.1) is 32.0 Å². The van der Waals surface area contributed by atoms with Gasteiger partial charge in [0, 0.05) is 27.7 Å². The van der Waals surface area contributed by atoms with Crippen LogP contribution in [0.2, 0.25) is 0 Å². The summed E-state index contributed by atoms with van der Waals surface area (Å²) in [5.41, 5.74) is 9.54. The molecule has 0 radical (unpaired) electrons. The van der Waals surface area contributed by atoms with E-state index in [0.717, 1.165) is 36.8 Å². The van der Waals surface area contributed by atoms with Gasteiger partial charge >= 0.3 is 42.7 Å². The van der Waals surface area contributed by atoms with E-state index < -0.39 is 46.4 Å². The number of amides is 2. The molecule has 17 heteroatoms. The van der Waals surface area contributed by atoms with E-state index in [2.05, 4.69) is 92.1 Å². The van der Waals surface area contributed by atoms with Crippen LogP contribution < -0.4 is 35.2 Å². The van der Waals surface area contributed by atoms with Crippen LogP contribution in [-0.2, 0) is 86.2 Å². The van der Waals surface area contributed by atoms with E-state index in [9.17, 15) is 39.0 Å². The van der Waals surface area contributed by atoms with Gasteiger partial charge in [-0.1, -0.05) is 190 Å². The molecule has 3 aromatic carbocycles. The number of carbonyl (C=O) groups is 6. The second-order valence-corrected chi connectivity index (χ2v) is 22.7. The van der Waals surface area contributed by atoms with Crippen LogP contribution in [0.3, 0.4) is 0 Å². The Kier molecular flexibility index (Phi) is 48.1. The Morgan fingerprint density at radius 2 is 0.686 bits per heavy atom. The fraction of sp³-hybridized carbons (Fsp3) is 0.652. The molecule has 3 rings (SSSR count). The Labute approximate surface area is 529 Å². The summed E-state index contributed by atoms with van der Waals surface area (Å²) in [6.07, 6.45) is 29.6. The molecular formula is C69H112LiN3O13. The first-order chi connectivity index (χ1) is 40.3. The summed E-state index contributed by atoms with van der Waals surface area (Å²) in [5.74, 6) is -3.23.